The van der Waals surface area contributed by atoms with Crippen LogP contribution in [0.4, 0.5) is 23.3 Å². The molecule has 1 atom stereocenters. The molecule has 0 radical (unpaired) electrons. The van der Waals surface area contributed by atoms with Gasteiger partial charge in [0.1, 0.15) is 23.1 Å². The fraction of sp³-hybridized carbons (Fsp3) is 0.259. The Morgan fingerprint density at radius 3 is 2.47 bits per heavy atom. The Kier molecular flexibility index (Phi) is 6.90. The molecule has 1 unspecified atom stereocenters. The summed E-state index contributed by atoms with van der Waals surface area (Å²) in [6.07, 6.45) is 4.34. The topological polar surface area (TPSA) is 109 Å². The lowest BCUT2D eigenvalue weighted by Gasteiger charge is -2.16. The van der Waals surface area contributed by atoms with E-state index in [1.165, 1.54) is 5.56 Å². The average Bonchev–Trinajstić information content (AvgIpc) is 3.35. The molecular formula is C27H28N8O. The van der Waals surface area contributed by atoms with Gasteiger partial charge in [0.15, 0.2) is 5.82 Å². The maximum Gasteiger partial charge on any atom is 0.229 e. The number of rotatable bonds is 8. The predicted molar refractivity (Wildman–Crippen MR) is 139 cm³/mol. The lowest BCUT2D eigenvalue weighted by Crippen LogP contribution is -2.22. The molecule has 0 bridgehead atoms. The van der Waals surface area contributed by atoms with Crippen molar-refractivity contribution in [1.82, 2.24) is 29.8 Å². The molecule has 0 spiro atoms. The number of anilines is 4. The van der Waals surface area contributed by atoms with Crippen molar-refractivity contribution in [1.29, 1.82) is 0 Å². The van der Waals surface area contributed by atoms with Gasteiger partial charge >= 0.3 is 0 Å². The van der Waals surface area contributed by atoms with Crippen molar-refractivity contribution in [3.8, 4) is 11.5 Å². The van der Waals surface area contributed by atoms with Gasteiger partial charge in [0.05, 0.1) is 0 Å². The molecule has 9 heteroatoms. The number of likely N-dealkylation sites (tertiary alicyclic amines) is 1. The molecule has 2 N–H and O–H groups in total. The highest BCUT2D eigenvalue weighted by Gasteiger charge is 2.25. The van der Waals surface area contributed by atoms with Crippen LogP contribution in [-0.2, 0) is 11.3 Å². The van der Waals surface area contributed by atoms with Crippen LogP contribution in [-0.4, -0.2) is 48.7 Å². The minimum Gasteiger partial charge on any atom is -0.325 e. The zero-order valence-corrected chi connectivity index (χ0v) is 20.3. The van der Waals surface area contributed by atoms with E-state index in [-0.39, 0.29) is 11.7 Å². The Morgan fingerprint density at radius 1 is 0.944 bits per heavy atom. The number of aryl methyl sites for hydroxylation is 1. The van der Waals surface area contributed by atoms with Gasteiger partial charge in [0, 0.05) is 42.8 Å². The number of nitrogens with one attached hydrogen (secondary N) is 2. The summed E-state index contributed by atoms with van der Waals surface area (Å²) in [5, 5.41) is 6.47. The van der Waals surface area contributed by atoms with Crippen LogP contribution in [0.15, 0.2) is 67.0 Å². The summed E-state index contributed by atoms with van der Waals surface area (Å²) in [6.45, 7) is 6.28. The Hall–Kier alpha value is -4.24. The summed E-state index contributed by atoms with van der Waals surface area (Å²) < 4.78 is 0. The molecule has 9 nitrogen and oxygen atoms in total. The van der Waals surface area contributed by atoms with Crippen LogP contribution in [0, 0.1) is 12.8 Å². The average molecular weight is 481 g/mol. The van der Waals surface area contributed by atoms with Crippen molar-refractivity contribution in [2.24, 2.45) is 5.92 Å². The summed E-state index contributed by atoms with van der Waals surface area (Å²) in [4.78, 5) is 36.2. The van der Waals surface area contributed by atoms with Crippen molar-refractivity contribution in [2.75, 3.05) is 23.7 Å². The fourth-order valence-corrected chi connectivity index (χ4v) is 4.23. The van der Waals surface area contributed by atoms with Gasteiger partial charge in [-0.25, -0.2) is 19.9 Å². The quantitative estimate of drug-likeness (QED) is 0.376. The number of carbonyl (C=O) groups excluding carboxylic acids is 1. The Bertz CT molecular complexity index is 1360. The van der Waals surface area contributed by atoms with Crippen molar-refractivity contribution in [2.45, 2.75) is 26.8 Å². The molecule has 4 aromatic rings. The first-order chi connectivity index (χ1) is 17.5. The second-order valence-electron chi connectivity index (χ2n) is 8.97. The van der Waals surface area contributed by atoms with Gasteiger partial charge in [-0.1, -0.05) is 18.2 Å². The van der Waals surface area contributed by atoms with E-state index >= 15 is 0 Å². The molecule has 0 aliphatic carbocycles. The smallest absolute Gasteiger partial charge is 0.229 e. The second kappa shape index (κ2) is 10.6. The third kappa shape index (κ3) is 5.87. The molecule has 5 rings (SSSR count). The molecule has 182 valence electrons. The van der Waals surface area contributed by atoms with Crippen LogP contribution >= 0.6 is 0 Å². The van der Waals surface area contributed by atoms with E-state index in [1.807, 2.05) is 37.3 Å². The molecule has 1 aliphatic rings. The van der Waals surface area contributed by atoms with Gasteiger partial charge in [-0.05, 0) is 68.8 Å². The van der Waals surface area contributed by atoms with E-state index in [1.54, 1.807) is 31.5 Å². The molecule has 1 saturated heterocycles. The highest BCUT2D eigenvalue weighted by molar-refractivity contribution is 5.78. The first-order valence-electron chi connectivity index (χ1n) is 12.0. The number of benzene rings is 1. The second-order valence-corrected chi connectivity index (χ2v) is 8.97. The summed E-state index contributed by atoms with van der Waals surface area (Å²) in [5.74, 6) is 2.72. The highest BCUT2D eigenvalue weighted by Crippen LogP contribution is 2.22. The van der Waals surface area contributed by atoms with Crippen LogP contribution in [0.3, 0.4) is 0 Å². The molecule has 1 aliphatic heterocycles. The zero-order valence-electron chi connectivity index (χ0n) is 20.3. The minimum absolute atomic E-state index is 0.178. The number of Topliss-reactive ketones (excluding diaryl/α,β-unsaturated/α-hetero) is 1. The molecule has 36 heavy (non-hydrogen) atoms. The number of nitrogens with zero attached hydrogens (tertiary/aromatic N) is 6. The summed E-state index contributed by atoms with van der Waals surface area (Å²) in [5.41, 5.74) is 3.74. The van der Waals surface area contributed by atoms with Crippen LogP contribution in [0.5, 0.6) is 0 Å². The number of aromatic nitrogens is 5. The molecular weight excluding hydrogens is 452 g/mol. The monoisotopic (exact) mass is 480 g/mol. The van der Waals surface area contributed by atoms with Crippen molar-refractivity contribution in [3.63, 3.8) is 0 Å². The SMILES string of the molecule is CC(=O)C1CCN(Cc2ccc(Nc3nccc(Nc4ccnc(-c5cccc(C)n5)n4)n3)cc2)C1. The number of hydrogen-bond donors (Lipinski definition) is 2. The Labute approximate surface area is 210 Å². The van der Waals surface area contributed by atoms with Crippen molar-refractivity contribution < 1.29 is 4.79 Å². The molecule has 1 fully saturated rings. The van der Waals surface area contributed by atoms with E-state index in [9.17, 15) is 4.79 Å². The van der Waals surface area contributed by atoms with Crippen LogP contribution < -0.4 is 10.6 Å². The van der Waals surface area contributed by atoms with Gasteiger partial charge < -0.3 is 10.6 Å². The van der Waals surface area contributed by atoms with Gasteiger partial charge in [-0.3, -0.25) is 9.69 Å². The van der Waals surface area contributed by atoms with E-state index in [0.29, 0.717) is 23.4 Å². The maximum atomic E-state index is 11.6. The third-order valence-electron chi connectivity index (χ3n) is 6.15. The standard InChI is InChI=1S/C27H28N8O/c1-18-4-3-5-23(30-18)26-28-13-10-24(33-26)32-25-11-14-29-27(34-25)31-22-8-6-20(7-9-22)16-35-15-12-21(17-35)19(2)36/h3-11,13-14,21H,12,15-17H2,1-2H3,(H2,28,29,31,32,33,34). The van der Waals surface area contributed by atoms with E-state index in [2.05, 4.69) is 52.6 Å². The molecule has 0 saturated carbocycles. The lowest BCUT2D eigenvalue weighted by atomic mass is 10.1. The summed E-state index contributed by atoms with van der Waals surface area (Å²) >= 11 is 0. The predicted octanol–water partition coefficient (Wildman–Crippen LogP) is 4.54. The van der Waals surface area contributed by atoms with Crippen LogP contribution in [0.2, 0.25) is 0 Å². The van der Waals surface area contributed by atoms with Gasteiger partial charge in [0.2, 0.25) is 5.95 Å². The maximum absolute atomic E-state index is 11.6. The Balaban J connectivity index is 1.22. The van der Waals surface area contributed by atoms with Crippen molar-refractivity contribution in [3.05, 3.63) is 78.2 Å². The molecule has 1 aromatic carbocycles. The van der Waals surface area contributed by atoms with Crippen LogP contribution in [0.25, 0.3) is 11.5 Å². The minimum atomic E-state index is 0.178. The lowest BCUT2D eigenvalue weighted by molar-refractivity contribution is -0.120. The number of ketones is 1. The summed E-state index contributed by atoms with van der Waals surface area (Å²) in [7, 11) is 0. The number of pyridine rings is 1. The van der Waals surface area contributed by atoms with Crippen molar-refractivity contribution >= 4 is 29.1 Å². The summed E-state index contributed by atoms with van der Waals surface area (Å²) in [6, 6.07) is 17.5. The van der Waals surface area contributed by atoms with Gasteiger partial charge in [-0.2, -0.15) is 4.98 Å². The molecule has 0 amide bonds. The zero-order chi connectivity index (χ0) is 24.9. The normalized spacial score (nSPS) is 15.6. The molecule has 4 heterocycles. The van der Waals surface area contributed by atoms with Gasteiger partial charge in [0.25, 0.3) is 0 Å². The van der Waals surface area contributed by atoms with E-state index in [0.717, 1.165) is 43.1 Å². The molecule has 3 aromatic heterocycles. The third-order valence-corrected chi connectivity index (χ3v) is 6.15. The van der Waals surface area contributed by atoms with E-state index in [4.69, 9.17) is 0 Å². The first-order valence-corrected chi connectivity index (χ1v) is 12.0. The van der Waals surface area contributed by atoms with E-state index < -0.39 is 0 Å². The van der Waals surface area contributed by atoms with Gasteiger partial charge in [-0.15, -0.1) is 0 Å². The first kappa shape index (κ1) is 23.5. The number of hydrogen-bond acceptors (Lipinski definition) is 9. The van der Waals surface area contributed by atoms with Crippen LogP contribution in [0.1, 0.15) is 24.6 Å². The fourth-order valence-electron chi connectivity index (χ4n) is 4.23. The number of carbonyl (C=O) groups is 1. The Morgan fingerprint density at radius 2 is 1.72 bits per heavy atom. The highest BCUT2D eigenvalue weighted by atomic mass is 16.1. The largest absolute Gasteiger partial charge is 0.325 e.